The largest absolute Gasteiger partial charge is 0.493 e. The van der Waals surface area contributed by atoms with Crippen LogP contribution in [0.3, 0.4) is 0 Å². The lowest BCUT2D eigenvalue weighted by atomic mass is 9.86. The molecule has 6 nitrogen and oxygen atoms in total. The van der Waals surface area contributed by atoms with Crippen molar-refractivity contribution in [1.29, 1.82) is 0 Å². The van der Waals surface area contributed by atoms with E-state index >= 15 is 0 Å². The normalized spacial score (nSPS) is 19.8. The fourth-order valence-electron chi connectivity index (χ4n) is 3.06. The predicted molar refractivity (Wildman–Crippen MR) is 94.0 cm³/mol. The van der Waals surface area contributed by atoms with Crippen LogP contribution >= 0.6 is 0 Å². The molecule has 25 heavy (non-hydrogen) atoms. The summed E-state index contributed by atoms with van der Waals surface area (Å²) in [7, 11) is 1.51. The highest BCUT2D eigenvalue weighted by Gasteiger charge is 2.23. The van der Waals surface area contributed by atoms with Crippen LogP contribution in [0.2, 0.25) is 0 Å². The minimum atomic E-state index is -0.562. The van der Waals surface area contributed by atoms with Crippen molar-refractivity contribution in [1.82, 2.24) is 5.32 Å². The second kappa shape index (κ2) is 9.30. The van der Waals surface area contributed by atoms with Crippen LogP contribution in [0.25, 0.3) is 0 Å². The highest BCUT2D eigenvalue weighted by molar-refractivity contribution is 5.92. The molecule has 1 aromatic carbocycles. The van der Waals surface area contributed by atoms with Gasteiger partial charge in [0.1, 0.15) is 0 Å². The molecule has 1 aliphatic carbocycles. The first-order valence-corrected chi connectivity index (χ1v) is 8.82. The fourth-order valence-corrected chi connectivity index (χ4v) is 3.06. The van der Waals surface area contributed by atoms with Gasteiger partial charge in [-0.25, -0.2) is 4.79 Å². The molecule has 0 aromatic heterocycles. The van der Waals surface area contributed by atoms with E-state index in [4.69, 9.17) is 14.2 Å². The summed E-state index contributed by atoms with van der Waals surface area (Å²) in [6.07, 6.45) is 4.44. The minimum absolute atomic E-state index is 0.172. The van der Waals surface area contributed by atoms with Crippen molar-refractivity contribution >= 4 is 11.9 Å². The zero-order valence-corrected chi connectivity index (χ0v) is 15.2. The number of ether oxygens (including phenoxy) is 3. The number of hydrogen-bond acceptors (Lipinski definition) is 5. The maximum absolute atomic E-state index is 12.1. The number of carbonyl (C=O) groups is 2. The van der Waals surface area contributed by atoms with E-state index in [0.717, 1.165) is 19.3 Å². The first-order chi connectivity index (χ1) is 12.0. The van der Waals surface area contributed by atoms with E-state index in [-0.39, 0.29) is 18.6 Å². The Labute approximate surface area is 148 Å². The van der Waals surface area contributed by atoms with Crippen molar-refractivity contribution in [3.8, 4) is 11.5 Å². The number of nitrogens with one attached hydrogen (secondary N) is 1. The topological polar surface area (TPSA) is 73.9 Å². The van der Waals surface area contributed by atoms with E-state index in [0.29, 0.717) is 29.6 Å². The van der Waals surface area contributed by atoms with Crippen LogP contribution < -0.4 is 14.8 Å². The summed E-state index contributed by atoms with van der Waals surface area (Å²) in [4.78, 5) is 24.2. The van der Waals surface area contributed by atoms with Gasteiger partial charge >= 0.3 is 5.97 Å². The van der Waals surface area contributed by atoms with Gasteiger partial charge in [0.05, 0.1) is 19.3 Å². The molecule has 0 radical (unpaired) electrons. The Morgan fingerprint density at radius 2 is 1.96 bits per heavy atom. The van der Waals surface area contributed by atoms with Gasteiger partial charge in [-0.05, 0) is 43.9 Å². The molecule has 0 bridgehead atoms. The molecular weight excluding hydrogens is 322 g/mol. The molecule has 0 heterocycles. The number of rotatable bonds is 7. The van der Waals surface area contributed by atoms with Crippen molar-refractivity contribution in [3.63, 3.8) is 0 Å². The maximum atomic E-state index is 12.1. The summed E-state index contributed by atoms with van der Waals surface area (Å²) < 4.78 is 15.7. The number of hydrogen-bond donors (Lipinski definition) is 1. The molecular formula is C19H27NO5. The molecule has 1 N–H and O–H groups in total. The number of amides is 1. The third-order valence-electron chi connectivity index (χ3n) is 4.49. The maximum Gasteiger partial charge on any atom is 0.338 e. The molecule has 0 unspecified atom stereocenters. The van der Waals surface area contributed by atoms with Crippen molar-refractivity contribution in [2.45, 2.75) is 45.6 Å². The van der Waals surface area contributed by atoms with Crippen LogP contribution in [0.1, 0.15) is 49.9 Å². The predicted octanol–water partition coefficient (Wildman–Crippen LogP) is 2.95. The molecule has 1 amide bonds. The van der Waals surface area contributed by atoms with Gasteiger partial charge in [-0.1, -0.05) is 19.8 Å². The fraction of sp³-hybridized carbons (Fsp3) is 0.579. The Kier molecular flexibility index (Phi) is 7.10. The van der Waals surface area contributed by atoms with Crippen LogP contribution in [-0.4, -0.2) is 38.2 Å². The molecule has 0 spiro atoms. The van der Waals surface area contributed by atoms with Gasteiger partial charge in [-0.2, -0.15) is 0 Å². The average molecular weight is 349 g/mol. The summed E-state index contributed by atoms with van der Waals surface area (Å²) in [6.45, 7) is 4.23. The molecule has 0 aliphatic heterocycles. The summed E-state index contributed by atoms with van der Waals surface area (Å²) in [5.74, 6) is 0.657. The minimum Gasteiger partial charge on any atom is -0.493 e. The first-order valence-electron chi connectivity index (χ1n) is 8.82. The van der Waals surface area contributed by atoms with Crippen molar-refractivity contribution in [2.24, 2.45) is 5.92 Å². The zero-order chi connectivity index (χ0) is 18.2. The van der Waals surface area contributed by atoms with E-state index in [1.807, 2.05) is 6.92 Å². The van der Waals surface area contributed by atoms with Crippen molar-refractivity contribution in [3.05, 3.63) is 23.8 Å². The Morgan fingerprint density at radius 3 is 2.64 bits per heavy atom. The monoisotopic (exact) mass is 349 g/mol. The molecule has 1 aromatic rings. The third kappa shape index (κ3) is 5.37. The van der Waals surface area contributed by atoms with Gasteiger partial charge in [-0.3, -0.25) is 4.79 Å². The lowest BCUT2D eigenvalue weighted by Gasteiger charge is -2.29. The second-order valence-corrected chi connectivity index (χ2v) is 6.31. The molecule has 1 saturated carbocycles. The number of methoxy groups -OCH3 is 1. The van der Waals surface area contributed by atoms with E-state index in [1.54, 1.807) is 18.2 Å². The van der Waals surface area contributed by atoms with Crippen LogP contribution in [0.4, 0.5) is 0 Å². The molecule has 2 rings (SSSR count). The van der Waals surface area contributed by atoms with Crippen molar-refractivity contribution < 1.29 is 23.8 Å². The molecule has 6 heteroatoms. The van der Waals surface area contributed by atoms with Gasteiger partial charge in [-0.15, -0.1) is 0 Å². The Balaban J connectivity index is 1.88. The number of benzene rings is 1. The van der Waals surface area contributed by atoms with Crippen LogP contribution in [0.5, 0.6) is 11.5 Å². The van der Waals surface area contributed by atoms with Gasteiger partial charge in [0, 0.05) is 6.04 Å². The Morgan fingerprint density at radius 1 is 1.20 bits per heavy atom. The van der Waals surface area contributed by atoms with E-state index < -0.39 is 5.97 Å². The number of esters is 1. The van der Waals surface area contributed by atoms with Gasteiger partial charge < -0.3 is 19.5 Å². The summed E-state index contributed by atoms with van der Waals surface area (Å²) in [6, 6.07) is 4.97. The summed E-state index contributed by atoms with van der Waals surface area (Å²) in [5.41, 5.74) is 0.319. The molecule has 2 atom stereocenters. The lowest BCUT2D eigenvalue weighted by molar-refractivity contribution is -0.125. The van der Waals surface area contributed by atoms with Crippen LogP contribution in [0, 0.1) is 5.92 Å². The van der Waals surface area contributed by atoms with E-state index in [2.05, 4.69) is 12.2 Å². The Bertz CT molecular complexity index is 601. The van der Waals surface area contributed by atoms with Crippen LogP contribution in [-0.2, 0) is 9.53 Å². The van der Waals surface area contributed by atoms with E-state index in [9.17, 15) is 9.59 Å². The molecule has 1 aliphatic rings. The smallest absolute Gasteiger partial charge is 0.338 e. The van der Waals surface area contributed by atoms with E-state index in [1.165, 1.54) is 13.5 Å². The number of carbonyl (C=O) groups excluding carboxylic acids is 2. The highest BCUT2D eigenvalue weighted by Crippen LogP contribution is 2.28. The summed E-state index contributed by atoms with van der Waals surface area (Å²) >= 11 is 0. The SMILES string of the molecule is CCOc1ccc(C(=O)OCC(=O)N[C@H]2CCCC[C@@H]2C)cc1OC. The lowest BCUT2D eigenvalue weighted by Crippen LogP contribution is -2.42. The average Bonchev–Trinajstić information content (AvgIpc) is 2.62. The Hall–Kier alpha value is -2.24. The highest BCUT2D eigenvalue weighted by atomic mass is 16.5. The summed E-state index contributed by atoms with van der Waals surface area (Å²) in [5, 5.41) is 2.96. The third-order valence-corrected chi connectivity index (χ3v) is 4.49. The van der Waals surface area contributed by atoms with Crippen molar-refractivity contribution in [2.75, 3.05) is 20.3 Å². The quantitative estimate of drug-likeness (QED) is 0.766. The molecule has 1 fully saturated rings. The van der Waals surface area contributed by atoms with Crippen LogP contribution in [0.15, 0.2) is 18.2 Å². The second-order valence-electron chi connectivity index (χ2n) is 6.31. The zero-order valence-electron chi connectivity index (χ0n) is 15.2. The standard InChI is InChI=1S/C19H27NO5/c1-4-24-16-10-9-14(11-17(16)23-3)19(22)25-12-18(21)20-15-8-6-5-7-13(15)2/h9-11,13,15H,4-8,12H2,1-3H3,(H,20,21)/t13-,15-/m0/s1. The van der Waals surface area contributed by atoms with Gasteiger partial charge in [0.15, 0.2) is 18.1 Å². The first kappa shape index (κ1) is 19.1. The molecule has 0 saturated heterocycles. The van der Waals surface area contributed by atoms with Gasteiger partial charge in [0.2, 0.25) is 0 Å². The van der Waals surface area contributed by atoms with Gasteiger partial charge in [0.25, 0.3) is 5.91 Å². The molecule has 138 valence electrons.